The number of hydrogen-bond acceptors (Lipinski definition) is 3. The quantitative estimate of drug-likeness (QED) is 0.940. The highest BCUT2D eigenvalue weighted by Gasteiger charge is 2.26. The van der Waals surface area contributed by atoms with Gasteiger partial charge in [0.15, 0.2) is 11.5 Å². The molecule has 0 fully saturated rings. The number of fused-ring (bicyclic) bond motifs is 1. The summed E-state index contributed by atoms with van der Waals surface area (Å²) in [5, 5.41) is 3.54. The second-order valence-corrected chi connectivity index (χ2v) is 5.29. The van der Waals surface area contributed by atoms with E-state index in [0.29, 0.717) is 0 Å². The molecule has 2 aromatic carbocycles. The van der Waals surface area contributed by atoms with E-state index in [-0.39, 0.29) is 18.3 Å². The molecule has 0 aliphatic carbocycles. The van der Waals surface area contributed by atoms with Crippen LogP contribution in [-0.2, 0) is 6.42 Å². The first-order valence-electron chi connectivity index (χ1n) is 7.34. The lowest BCUT2D eigenvalue weighted by molar-refractivity contribution is 0.350. The lowest BCUT2D eigenvalue weighted by Crippen LogP contribution is -2.21. The molecule has 0 saturated carbocycles. The van der Waals surface area contributed by atoms with Crippen molar-refractivity contribution in [2.24, 2.45) is 0 Å². The number of rotatable bonds is 3. The summed E-state index contributed by atoms with van der Waals surface area (Å²) < 4.78 is 11.2. The van der Waals surface area contributed by atoms with Crippen molar-refractivity contribution in [3.63, 3.8) is 0 Å². The van der Waals surface area contributed by atoms with E-state index in [0.717, 1.165) is 31.0 Å². The molecule has 3 rings (SSSR count). The van der Waals surface area contributed by atoms with Gasteiger partial charge in [-0.1, -0.05) is 36.4 Å². The summed E-state index contributed by atoms with van der Waals surface area (Å²) in [6.45, 7) is 1.91. The summed E-state index contributed by atoms with van der Waals surface area (Å²) >= 11 is 0. The molecule has 0 radical (unpaired) electrons. The average Bonchev–Trinajstić information content (AvgIpc) is 2.77. The Bertz CT molecular complexity index is 616. The van der Waals surface area contributed by atoms with Crippen molar-refractivity contribution < 1.29 is 9.47 Å². The molecule has 1 N–H and O–H groups in total. The molecule has 1 aliphatic rings. The number of benzene rings is 2. The second kappa shape index (κ2) is 7.52. The Morgan fingerprint density at radius 2 is 1.77 bits per heavy atom. The van der Waals surface area contributed by atoms with Crippen LogP contribution in [0.25, 0.3) is 0 Å². The van der Waals surface area contributed by atoms with Crippen LogP contribution >= 0.6 is 12.4 Å². The fourth-order valence-corrected chi connectivity index (χ4v) is 3.13. The van der Waals surface area contributed by atoms with Gasteiger partial charge in [0.1, 0.15) is 0 Å². The number of nitrogens with one attached hydrogen (secondary N) is 1. The zero-order valence-electron chi connectivity index (χ0n) is 13.0. The Hall–Kier alpha value is -1.71. The van der Waals surface area contributed by atoms with E-state index in [9.17, 15) is 0 Å². The van der Waals surface area contributed by atoms with Crippen LogP contribution in [0.2, 0.25) is 0 Å². The van der Waals surface area contributed by atoms with E-state index in [4.69, 9.17) is 9.47 Å². The Labute approximate surface area is 138 Å². The van der Waals surface area contributed by atoms with Gasteiger partial charge in [-0.25, -0.2) is 0 Å². The maximum atomic E-state index is 5.69. The van der Waals surface area contributed by atoms with Crippen LogP contribution in [0.3, 0.4) is 0 Å². The largest absolute Gasteiger partial charge is 0.493 e. The molecule has 1 heterocycles. The van der Waals surface area contributed by atoms with Gasteiger partial charge in [-0.3, -0.25) is 0 Å². The topological polar surface area (TPSA) is 30.5 Å². The fraction of sp³-hybridized carbons (Fsp3) is 0.333. The van der Waals surface area contributed by atoms with Gasteiger partial charge in [-0.2, -0.15) is 0 Å². The first-order valence-corrected chi connectivity index (χ1v) is 7.34. The maximum absolute atomic E-state index is 5.69. The Kier molecular flexibility index (Phi) is 5.69. The van der Waals surface area contributed by atoms with E-state index in [2.05, 4.69) is 41.7 Å². The highest BCUT2D eigenvalue weighted by Crippen LogP contribution is 2.41. The molecule has 0 saturated heterocycles. The summed E-state index contributed by atoms with van der Waals surface area (Å²) in [6, 6.07) is 14.8. The molecule has 1 atom stereocenters. The Morgan fingerprint density at radius 3 is 2.45 bits per heavy atom. The van der Waals surface area contributed by atoms with Crippen molar-refractivity contribution in [1.82, 2.24) is 5.32 Å². The van der Waals surface area contributed by atoms with E-state index < -0.39 is 0 Å². The van der Waals surface area contributed by atoms with Crippen LogP contribution in [0.4, 0.5) is 0 Å². The first kappa shape index (κ1) is 16.7. The van der Waals surface area contributed by atoms with Crippen LogP contribution in [0.1, 0.15) is 22.6 Å². The third kappa shape index (κ3) is 3.06. The van der Waals surface area contributed by atoms with Crippen LogP contribution in [-0.4, -0.2) is 27.3 Å². The fourth-order valence-electron chi connectivity index (χ4n) is 3.13. The van der Waals surface area contributed by atoms with Gasteiger partial charge in [0.2, 0.25) is 0 Å². The minimum absolute atomic E-state index is 0. The highest BCUT2D eigenvalue weighted by atomic mass is 35.5. The smallest absolute Gasteiger partial charge is 0.164 e. The van der Waals surface area contributed by atoms with E-state index in [1.165, 1.54) is 16.7 Å². The van der Waals surface area contributed by atoms with E-state index >= 15 is 0 Å². The summed E-state index contributed by atoms with van der Waals surface area (Å²) in [6.07, 6.45) is 1.01. The molecular weight excluding hydrogens is 298 g/mol. The standard InChI is InChI=1S/C18H21NO2.ClH/c1-20-16-9-8-14-10-11-19-12-15(17(14)18(16)21-2)13-6-4-3-5-7-13;/h3-9,15,19H,10-12H2,1-2H3;1H. The predicted octanol–water partition coefficient (Wildman–Crippen LogP) is 3.40. The lowest BCUT2D eigenvalue weighted by Gasteiger charge is -2.22. The molecule has 2 aromatic rings. The minimum Gasteiger partial charge on any atom is -0.493 e. The Morgan fingerprint density at radius 1 is 1.00 bits per heavy atom. The maximum Gasteiger partial charge on any atom is 0.164 e. The molecule has 4 heteroatoms. The van der Waals surface area contributed by atoms with Crippen LogP contribution in [0.15, 0.2) is 42.5 Å². The van der Waals surface area contributed by atoms with Crippen molar-refractivity contribution in [3.05, 3.63) is 59.2 Å². The van der Waals surface area contributed by atoms with Crippen LogP contribution < -0.4 is 14.8 Å². The van der Waals surface area contributed by atoms with Gasteiger partial charge in [-0.15, -0.1) is 12.4 Å². The number of methoxy groups -OCH3 is 2. The van der Waals surface area contributed by atoms with Crippen molar-refractivity contribution in [2.45, 2.75) is 12.3 Å². The van der Waals surface area contributed by atoms with Crippen molar-refractivity contribution in [1.29, 1.82) is 0 Å². The number of halogens is 1. The molecular formula is C18H22ClNO2. The van der Waals surface area contributed by atoms with Gasteiger partial charge in [0, 0.05) is 18.0 Å². The first-order chi connectivity index (χ1) is 10.3. The van der Waals surface area contributed by atoms with Gasteiger partial charge in [0.05, 0.1) is 14.2 Å². The zero-order chi connectivity index (χ0) is 14.7. The van der Waals surface area contributed by atoms with Gasteiger partial charge in [-0.05, 0) is 30.2 Å². The number of ether oxygens (including phenoxy) is 2. The van der Waals surface area contributed by atoms with Crippen molar-refractivity contribution >= 4 is 12.4 Å². The minimum atomic E-state index is 0. The molecule has 0 amide bonds. The second-order valence-electron chi connectivity index (χ2n) is 5.29. The molecule has 1 aliphatic heterocycles. The third-order valence-electron chi connectivity index (χ3n) is 4.14. The number of hydrogen-bond donors (Lipinski definition) is 1. The van der Waals surface area contributed by atoms with Crippen molar-refractivity contribution in [2.75, 3.05) is 27.3 Å². The molecule has 118 valence electrons. The van der Waals surface area contributed by atoms with Gasteiger partial charge in [0.25, 0.3) is 0 Å². The summed E-state index contributed by atoms with van der Waals surface area (Å²) in [5.41, 5.74) is 3.90. The molecule has 0 bridgehead atoms. The highest BCUT2D eigenvalue weighted by molar-refractivity contribution is 5.85. The van der Waals surface area contributed by atoms with E-state index in [1.807, 2.05) is 6.07 Å². The summed E-state index contributed by atoms with van der Waals surface area (Å²) in [4.78, 5) is 0. The summed E-state index contributed by atoms with van der Waals surface area (Å²) in [7, 11) is 3.41. The molecule has 22 heavy (non-hydrogen) atoms. The lowest BCUT2D eigenvalue weighted by atomic mass is 9.87. The zero-order valence-corrected chi connectivity index (χ0v) is 13.8. The third-order valence-corrected chi connectivity index (χ3v) is 4.14. The molecule has 3 nitrogen and oxygen atoms in total. The van der Waals surface area contributed by atoms with Crippen LogP contribution in [0, 0.1) is 0 Å². The Balaban J connectivity index is 0.00000176. The van der Waals surface area contributed by atoms with E-state index in [1.54, 1.807) is 14.2 Å². The average molecular weight is 320 g/mol. The van der Waals surface area contributed by atoms with Gasteiger partial charge < -0.3 is 14.8 Å². The monoisotopic (exact) mass is 319 g/mol. The van der Waals surface area contributed by atoms with Crippen molar-refractivity contribution in [3.8, 4) is 11.5 Å². The predicted molar refractivity (Wildman–Crippen MR) is 91.7 cm³/mol. The van der Waals surface area contributed by atoms with Gasteiger partial charge >= 0.3 is 0 Å². The molecule has 0 aromatic heterocycles. The SMILES string of the molecule is COc1ccc2c(c1OC)C(c1ccccc1)CNCC2.Cl. The summed E-state index contributed by atoms with van der Waals surface area (Å²) in [5.74, 6) is 1.96. The molecule has 1 unspecified atom stereocenters. The molecule has 0 spiro atoms. The normalized spacial score (nSPS) is 16.9. The van der Waals surface area contributed by atoms with Crippen LogP contribution in [0.5, 0.6) is 11.5 Å².